The Morgan fingerprint density at radius 3 is 2.73 bits per heavy atom. The highest BCUT2D eigenvalue weighted by molar-refractivity contribution is 6.76. The van der Waals surface area contributed by atoms with Gasteiger partial charge in [0.15, 0.2) is 0 Å². The highest BCUT2D eigenvalue weighted by Crippen LogP contribution is 2.32. The third kappa shape index (κ3) is 5.03. The number of carbonyl (C=O) groups excluding carboxylic acids is 1. The van der Waals surface area contributed by atoms with Crippen LogP contribution in [0.2, 0.25) is 0 Å². The second-order valence-corrected chi connectivity index (χ2v) is 6.36. The molecule has 0 aliphatic carbocycles. The molecule has 0 aliphatic rings. The zero-order valence-corrected chi connectivity index (χ0v) is 14.0. The lowest BCUT2D eigenvalue weighted by molar-refractivity contribution is -0.120. The summed E-state index contributed by atoms with van der Waals surface area (Å²) < 4.78 is 8.52. The molecule has 1 amide bonds. The van der Waals surface area contributed by atoms with Crippen LogP contribution in [0.5, 0.6) is 11.5 Å². The number of hydrogen-bond donors (Lipinski definition) is 1. The molecule has 4 nitrogen and oxygen atoms in total. The van der Waals surface area contributed by atoms with Gasteiger partial charge in [-0.3, -0.25) is 4.79 Å². The first-order valence-corrected chi connectivity index (χ1v) is 7.21. The van der Waals surface area contributed by atoms with E-state index in [1.165, 1.54) is 13.2 Å². The molecular formula is C15H14Cl3NO3. The van der Waals surface area contributed by atoms with Crippen molar-refractivity contribution in [3.05, 3.63) is 36.4 Å². The number of hydrogen-bond acceptors (Lipinski definition) is 3. The van der Waals surface area contributed by atoms with Crippen LogP contribution in [0.3, 0.4) is 0 Å². The van der Waals surface area contributed by atoms with Gasteiger partial charge in [0, 0.05) is 11.6 Å². The van der Waals surface area contributed by atoms with E-state index in [2.05, 4.69) is 17.8 Å². The third-order valence-corrected chi connectivity index (χ3v) is 3.16. The van der Waals surface area contributed by atoms with E-state index in [0.717, 1.165) is 0 Å². The number of nitrogens with one attached hydrogen (secondary N) is 1. The summed E-state index contributed by atoms with van der Waals surface area (Å²) in [6, 6.07) is 4.43. The van der Waals surface area contributed by atoms with Gasteiger partial charge in [-0.1, -0.05) is 46.8 Å². The van der Waals surface area contributed by atoms with Crippen molar-refractivity contribution in [2.75, 3.05) is 13.7 Å². The number of halogens is 3. The summed E-state index contributed by atoms with van der Waals surface area (Å²) in [7, 11) is 1.52. The molecule has 0 fully saturated rings. The van der Waals surface area contributed by atoms with Gasteiger partial charge in [0.25, 0.3) is 9.70 Å². The average molecular weight is 363 g/mol. The Morgan fingerprint density at radius 1 is 1.55 bits per heavy atom. The quantitative estimate of drug-likeness (QED) is 0.479. The predicted octanol–water partition coefficient (Wildman–Crippen LogP) is 3.42. The molecule has 0 aliphatic heterocycles. The Morgan fingerprint density at radius 2 is 2.23 bits per heavy atom. The van der Waals surface area contributed by atoms with Gasteiger partial charge in [0.2, 0.25) is 0 Å². The smallest absolute Gasteiger partial charge is 0.272 e. The molecule has 0 heterocycles. The number of benzene rings is 1. The highest BCUT2D eigenvalue weighted by atomic mass is 35.6. The monoisotopic (exact) mass is 361 g/mol. The summed E-state index contributed by atoms with van der Waals surface area (Å²) in [6.07, 6.45) is 6.68. The molecule has 1 atom stereocenters. The van der Waals surface area contributed by atoms with Crippen LogP contribution in [0.1, 0.15) is 11.6 Å². The van der Waals surface area contributed by atoms with Gasteiger partial charge in [-0.25, -0.2) is 0 Å². The zero-order valence-electron chi connectivity index (χ0n) is 11.7. The van der Waals surface area contributed by atoms with E-state index in [4.69, 9.17) is 50.7 Å². The Balaban J connectivity index is 3.12. The first-order valence-electron chi connectivity index (χ1n) is 6.08. The lowest BCUT2D eigenvalue weighted by Gasteiger charge is -2.21. The average Bonchev–Trinajstić information content (AvgIpc) is 2.49. The predicted molar refractivity (Wildman–Crippen MR) is 88.7 cm³/mol. The van der Waals surface area contributed by atoms with Gasteiger partial charge in [-0.05, 0) is 12.1 Å². The van der Waals surface area contributed by atoms with Crippen LogP contribution in [0.15, 0.2) is 30.9 Å². The topological polar surface area (TPSA) is 47.6 Å². The summed E-state index contributed by atoms with van der Waals surface area (Å²) in [6.45, 7) is 3.72. The van der Waals surface area contributed by atoms with Crippen molar-refractivity contribution in [2.45, 2.75) is 9.83 Å². The highest BCUT2D eigenvalue weighted by Gasteiger charge is 2.32. The van der Waals surface area contributed by atoms with Crippen molar-refractivity contribution in [3.63, 3.8) is 0 Å². The van der Waals surface area contributed by atoms with Gasteiger partial charge < -0.3 is 14.8 Å². The Bertz CT molecular complexity index is 591. The fraction of sp³-hybridized carbons (Fsp3) is 0.267. The van der Waals surface area contributed by atoms with Crippen LogP contribution in [0.4, 0.5) is 0 Å². The summed E-state index contributed by atoms with van der Waals surface area (Å²) in [4.78, 5) is 11.8. The summed E-state index contributed by atoms with van der Waals surface area (Å²) in [5.41, 5.74) is 0.605. The molecule has 0 spiro atoms. The minimum atomic E-state index is -2.08. The van der Waals surface area contributed by atoms with Gasteiger partial charge in [0.05, 0.1) is 13.2 Å². The van der Waals surface area contributed by atoms with E-state index < -0.39 is 15.7 Å². The Kier molecular flexibility index (Phi) is 6.89. The zero-order chi connectivity index (χ0) is 16.8. The van der Waals surface area contributed by atoms with E-state index in [9.17, 15) is 4.79 Å². The van der Waals surface area contributed by atoms with Gasteiger partial charge in [-0.15, -0.1) is 13.0 Å². The molecule has 0 radical (unpaired) electrons. The van der Waals surface area contributed by atoms with E-state index in [1.807, 2.05) is 0 Å². The van der Waals surface area contributed by atoms with Crippen molar-refractivity contribution in [2.24, 2.45) is 0 Å². The van der Waals surface area contributed by atoms with Crippen molar-refractivity contribution < 1.29 is 14.3 Å². The van der Waals surface area contributed by atoms with Crippen molar-refractivity contribution in [3.8, 4) is 23.8 Å². The number of methoxy groups -OCH3 is 1. The maximum atomic E-state index is 11.8. The van der Waals surface area contributed by atoms with Crippen molar-refractivity contribution in [1.82, 2.24) is 5.32 Å². The maximum absolute atomic E-state index is 11.8. The number of ether oxygens (including phenoxy) is 2. The standard InChI is InChI=1S/C15H14Cl3NO3/c1-4-8-22-13-9-10(21-3)6-7-11(13)12(5-2)19-14(20)15(16,17)18/h1,5-7,9,12H,2,8H2,3H3,(H,19,20). The lowest BCUT2D eigenvalue weighted by atomic mass is 10.1. The van der Waals surface area contributed by atoms with Gasteiger partial charge in [-0.2, -0.15) is 0 Å². The van der Waals surface area contributed by atoms with Crippen LogP contribution in [0.25, 0.3) is 0 Å². The maximum Gasteiger partial charge on any atom is 0.272 e. The van der Waals surface area contributed by atoms with Crippen LogP contribution in [0, 0.1) is 12.3 Å². The van der Waals surface area contributed by atoms with Crippen LogP contribution < -0.4 is 14.8 Å². The SMILES string of the molecule is C#CCOc1cc(OC)ccc1C(C=C)NC(=O)C(Cl)(Cl)Cl. The molecule has 1 aromatic carbocycles. The molecule has 0 bridgehead atoms. The summed E-state index contributed by atoms with van der Waals surface area (Å²) in [5.74, 6) is 2.60. The molecule has 0 saturated heterocycles. The largest absolute Gasteiger partial charge is 0.497 e. The van der Waals surface area contributed by atoms with Crippen molar-refractivity contribution >= 4 is 40.7 Å². The molecule has 1 unspecified atom stereocenters. The minimum absolute atomic E-state index is 0.0580. The minimum Gasteiger partial charge on any atom is -0.497 e. The third-order valence-electron chi connectivity index (χ3n) is 2.65. The first-order chi connectivity index (χ1) is 10.3. The van der Waals surface area contributed by atoms with Crippen LogP contribution in [-0.2, 0) is 4.79 Å². The van der Waals surface area contributed by atoms with Crippen LogP contribution in [-0.4, -0.2) is 23.4 Å². The molecule has 1 aromatic rings. The number of terminal acetylenes is 1. The number of alkyl halides is 3. The number of rotatable bonds is 6. The molecular weight excluding hydrogens is 349 g/mol. The first kappa shape index (κ1) is 18.5. The molecule has 0 saturated carbocycles. The lowest BCUT2D eigenvalue weighted by Crippen LogP contribution is -2.36. The van der Waals surface area contributed by atoms with Gasteiger partial charge in [0.1, 0.15) is 18.1 Å². The van der Waals surface area contributed by atoms with Crippen LogP contribution >= 0.6 is 34.8 Å². The molecule has 1 N–H and O–H groups in total. The van der Waals surface area contributed by atoms with Crippen molar-refractivity contribution in [1.29, 1.82) is 0 Å². The van der Waals surface area contributed by atoms with Gasteiger partial charge >= 0.3 is 0 Å². The number of carbonyl (C=O) groups is 1. The molecule has 22 heavy (non-hydrogen) atoms. The molecule has 7 heteroatoms. The fourth-order valence-corrected chi connectivity index (χ4v) is 1.79. The second-order valence-electron chi connectivity index (χ2n) is 4.08. The number of amides is 1. The Labute approximate surface area is 144 Å². The second kappa shape index (κ2) is 8.19. The molecule has 1 rings (SSSR count). The molecule has 118 valence electrons. The Hall–Kier alpha value is -1.54. The van der Waals surface area contributed by atoms with E-state index in [-0.39, 0.29) is 6.61 Å². The van der Waals surface area contributed by atoms with E-state index in [1.54, 1.807) is 18.2 Å². The summed E-state index contributed by atoms with van der Waals surface area (Å²) in [5, 5.41) is 2.55. The summed E-state index contributed by atoms with van der Waals surface area (Å²) >= 11 is 16.6. The normalized spacial score (nSPS) is 12.0. The molecule has 0 aromatic heterocycles. The van der Waals surface area contributed by atoms with E-state index >= 15 is 0 Å². The fourth-order valence-electron chi connectivity index (χ4n) is 1.63. The van der Waals surface area contributed by atoms with E-state index in [0.29, 0.717) is 17.1 Å².